The molecule has 0 spiro atoms. The van der Waals surface area contributed by atoms with Crippen LogP contribution in [0.1, 0.15) is 27.7 Å². The van der Waals surface area contributed by atoms with Crippen molar-refractivity contribution >= 4 is 5.97 Å². The van der Waals surface area contributed by atoms with Crippen molar-refractivity contribution in [1.82, 2.24) is 10.2 Å². The molecule has 0 aliphatic heterocycles. The molecular weight excluding hydrogens is 192 g/mol. The van der Waals surface area contributed by atoms with E-state index in [1.54, 1.807) is 0 Å². The molecule has 0 rings (SSSR count). The van der Waals surface area contributed by atoms with Gasteiger partial charge in [0, 0.05) is 12.6 Å². The molecule has 1 N–H and O–H groups in total. The third-order valence-electron chi connectivity index (χ3n) is 2.49. The number of likely N-dealkylation sites (N-methyl/N-ethyl adjacent to an activating group) is 2. The lowest BCUT2D eigenvalue weighted by Crippen LogP contribution is -2.48. The number of ether oxygens (including phenoxy) is 1. The van der Waals surface area contributed by atoms with Crippen molar-refractivity contribution in [2.24, 2.45) is 0 Å². The molecule has 90 valence electrons. The van der Waals surface area contributed by atoms with E-state index < -0.39 is 0 Å². The van der Waals surface area contributed by atoms with Gasteiger partial charge in [-0.1, -0.05) is 13.8 Å². The van der Waals surface area contributed by atoms with Crippen LogP contribution in [-0.4, -0.2) is 49.7 Å². The monoisotopic (exact) mass is 216 g/mol. The minimum atomic E-state index is -0.220. The first kappa shape index (κ1) is 14.4. The fourth-order valence-electron chi connectivity index (χ4n) is 1.55. The van der Waals surface area contributed by atoms with Gasteiger partial charge in [0.2, 0.25) is 0 Å². The zero-order valence-electron chi connectivity index (χ0n) is 10.5. The molecule has 4 heteroatoms. The predicted octanol–water partition coefficient (Wildman–Crippen LogP) is 0.868. The summed E-state index contributed by atoms with van der Waals surface area (Å²) in [4.78, 5) is 13.7. The first-order chi connectivity index (χ1) is 7.06. The highest BCUT2D eigenvalue weighted by atomic mass is 16.5. The van der Waals surface area contributed by atoms with E-state index >= 15 is 0 Å². The second-order valence-electron chi connectivity index (χ2n) is 3.81. The second-order valence-corrected chi connectivity index (χ2v) is 3.81. The van der Waals surface area contributed by atoms with Gasteiger partial charge in [0.15, 0.2) is 0 Å². The Morgan fingerprint density at radius 2 is 2.00 bits per heavy atom. The third-order valence-corrected chi connectivity index (χ3v) is 2.49. The lowest BCUT2D eigenvalue weighted by Gasteiger charge is -2.28. The van der Waals surface area contributed by atoms with E-state index in [9.17, 15) is 4.79 Å². The summed E-state index contributed by atoms with van der Waals surface area (Å²) in [5.41, 5.74) is 0. The van der Waals surface area contributed by atoms with Crippen LogP contribution in [0.2, 0.25) is 0 Å². The van der Waals surface area contributed by atoms with Crippen molar-refractivity contribution in [2.45, 2.75) is 39.8 Å². The molecule has 4 nitrogen and oxygen atoms in total. The van der Waals surface area contributed by atoms with Gasteiger partial charge in [-0.05, 0) is 26.9 Å². The van der Waals surface area contributed by atoms with Gasteiger partial charge in [-0.3, -0.25) is 9.69 Å². The van der Waals surface area contributed by atoms with Crippen LogP contribution in [0, 0.1) is 0 Å². The quantitative estimate of drug-likeness (QED) is 0.641. The van der Waals surface area contributed by atoms with E-state index in [2.05, 4.69) is 31.0 Å². The lowest BCUT2D eigenvalue weighted by atomic mass is 10.2. The molecule has 0 saturated heterocycles. The molecule has 0 saturated carbocycles. The Morgan fingerprint density at radius 1 is 1.40 bits per heavy atom. The lowest BCUT2D eigenvalue weighted by molar-refractivity contribution is -0.143. The number of esters is 1. The van der Waals surface area contributed by atoms with Gasteiger partial charge in [0.05, 0.1) is 7.11 Å². The Kier molecular flexibility index (Phi) is 7.34. The van der Waals surface area contributed by atoms with E-state index in [1.807, 2.05) is 6.92 Å². The molecule has 1 atom stereocenters. The Morgan fingerprint density at radius 3 is 2.33 bits per heavy atom. The highest BCUT2D eigenvalue weighted by molar-refractivity contribution is 5.75. The second kappa shape index (κ2) is 7.65. The summed E-state index contributed by atoms with van der Waals surface area (Å²) in [6, 6.07) is 0.225. The summed E-state index contributed by atoms with van der Waals surface area (Å²) in [5.74, 6) is -0.184. The van der Waals surface area contributed by atoms with Crippen LogP contribution in [0.5, 0.6) is 0 Å². The highest BCUT2D eigenvalue weighted by Gasteiger charge is 2.21. The van der Waals surface area contributed by atoms with Gasteiger partial charge in [-0.2, -0.15) is 0 Å². The molecule has 1 unspecified atom stereocenters. The topological polar surface area (TPSA) is 41.6 Å². The van der Waals surface area contributed by atoms with Gasteiger partial charge in [0.25, 0.3) is 0 Å². The van der Waals surface area contributed by atoms with Crippen molar-refractivity contribution < 1.29 is 9.53 Å². The number of hydrogen-bond acceptors (Lipinski definition) is 4. The minimum absolute atomic E-state index is 0.184. The summed E-state index contributed by atoms with van der Waals surface area (Å²) in [5, 5.41) is 3.14. The van der Waals surface area contributed by atoms with Crippen LogP contribution in [0.4, 0.5) is 0 Å². The molecule has 0 aromatic heterocycles. The van der Waals surface area contributed by atoms with E-state index in [-0.39, 0.29) is 12.0 Å². The largest absolute Gasteiger partial charge is 0.468 e. The third kappa shape index (κ3) is 5.14. The van der Waals surface area contributed by atoms with E-state index in [0.717, 1.165) is 13.1 Å². The maximum absolute atomic E-state index is 11.5. The summed E-state index contributed by atoms with van der Waals surface area (Å²) < 4.78 is 4.76. The Hall–Kier alpha value is -0.610. The van der Waals surface area contributed by atoms with Crippen molar-refractivity contribution in [2.75, 3.05) is 26.7 Å². The molecule has 15 heavy (non-hydrogen) atoms. The summed E-state index contributed by atoms with van der Waals surface area (Å²) in [7, 11) is 1.43. The summed E-state index contributed by atoms with van der Waals surface area (Å²) in [6.45, 7) is 10.8. The fraction of sp³-hybridized carbons (Fsp3) is 0.909. The van der Waals surface area contributed by atoms with Crippen LogP contribution < -0.4 is 5.32 Å². The average molecular weight is 216 g/mol. The number of rotatable bonds is 7. The van der Waals surface area contributed by atoms with Crippen molar-refractivity contribution in [1.29, 1.82) is 0 Å². The first-order valence-corrected chi connectivity index (χ1v) is 5.62. The standard InChI is InChI=1S/C11H24N2O2/c1-6-12-10(11(14)15-5)8-13(7-2)9(3)4/h9-10,12H,6-8H2,1-5H3. The molecule has 0 aromatic rings. The molecule has 0 bridgehead atoms. The number of nitrogens with one attached hydrogen (secondary N) is 1. The first-order valence-electron chi connectivity index (χ1n) is 5.62. The number of methoxy groups -OCH3 is 1. The molecule has 0 aromatic carbocycles. The summed E-state index contributed by atoms with van der Waals surface area (Å²) in [6.07, 6.45) is 0. The number of nitrogens with zero attached hydrogens (tertiary/aromatic N) is 1. The fourth-order valence-corrected chi connectivity index (χ4v) is 1.55. The Bertz CT molecular complexity index is 183. The Balaban J connectivity index is 4.30. The van der Waals surface area contributed by atoms with Crippen molar-refractivity contribution in [3.05, 3.63) is 0 Å². The molecule has 0 radical (unpaired) electrons. The van der Waals surface area contributed by atoms with Crippen LogP contribution in [0.15, 0.2) is 0 Å². The maximum Gasteiger partial charge on any atom is 0.324 e. The zero-order valence-corrected chi connectivity index (χ0v) is 10.5. The van der Waals surface area contributed by atoms with Gasteiger partial charge >= 0.3 is 5.97 Å². The average Bonchev–Trinajstić information content (AvgIpc) is 2.22. The molecule has 0 aliphatic rings. The smallest absolute Gasteiger partial charge is 0.324 e. The van der Waals surface area contributed by atoms with Crippen LogP contribution in [0.3, 0.4) is 0 Å². The molecule has 0 amide bonds. The van der Waals surface area contributed by atoms with Gasteiger partial charge < -0.3 is 10.1 Å². The number of carbonyl (C=O) groups is 1. The van der Waals surface area contributed by atoms with Crippen molar-refractivity contribution in [3.63, 3.8) is 0 Å². The van der Waals surface area contributed by atoms with Crippen molar-refractivity contribution in [3.8, 4) is 0 Å². The van der Waals surface area contributed by atoms with Crippen LogP contribution >= 0.6 is 0 Å². The van der Waals surface area contributed by atoms with Gasteiger partial charge in [0.1, 0.15) is 6.04 Å². The van der Waals surface area contributed by atoms with Gasteiger partial charge in [-0.25, -0.2) is 0 Å². The maximum atomic E-state index is 11.5. The molecular formula is C11H24N2O2. The van der Waals surface area contributed by atoms with E-state index in [4.69, 9.17) is 4.74 Å². The predicted molar refractivity (Wildman–Crippen MR) is 61.9 cm³/mol. The highest BCUT2D eigenvalue weighted by Crippen LogP contribution is 2.00. The molecule has 0 fully saturated rings. The number of hydrogen-bond donors (Lipinski definition) is 1. The molecule has 0 aliphatic carbocycles. The summed E-state index contributed by atoms with van der Waals surface area (Å²) >= 11 is 0. The SMILES string of the molecule is CCNC(CN(CC)C(C)C)C(=O)OC. The van der Waals surface area contributed by atoms with Gasteiger partial charge in [-0.15, -0.1) is 0 Å². The Labute approximate surface area is 93.0 Å². The minimum Gasteiger partial charge on any atom is -0.468 e. The number of carbonyl (C=O) groups excluding carboxylic acids is 1. The zero-order chi connectivity index (χ0) is 11.8. The molecule has 0 heterocycles. The normalized spacial score (nSPS) is 13.3. The van der Waals surface area contributed by atoms with Crippen LogP contribution in [0.25, 0.3) is 0 Å². The van der Waals surface area contributed by atoms with E-state index in [0.29, 0.717) is 12.6 Å². The van der Waals surface area contributed by atoms with Crippen LogP contribution in [-0.2, 0) is 9.53 Å². The van der Waals surface area contributed by atoms with E-state index in [1.165, 1.54) is 7.11 Å².